The third kappa shape index (κ3) is 4.11. The van der Waals surface area contributed by atoms with Crippen molar-refractivity contribution in [3.63, 3.8) is 0 Å². The maximum absolute atomic E-state index is 10.4. The molecule has 0 saturated carbocycles. The summed E-state index contributed by atoms with van der Waals surface area (Å²) in [6, 6.07) is 7.94. The minimum absolute atomic E-state index is 0.320. The van der Waals surface area contributed by atoms with Gasteiger partial charge in [-0.25, -0.2) is 0 Å². The molecule has 0 saturated heterocycles. The molecular weight excluding hydrogens is 196 g/mol. The number of halogens is 1. The van der Waals surface area contributed by atoms with E-state index in [1.807, 2.05) is 31.2 Å². The second-order valence-corrected chi connectivity index (χ2v) is 3.45. The van der Waals surface area contributed by atoms with Crippen molar-refractivity contribution in [1.82, 2.24) is 0 Å². The normalized spacial score (nSPS) is 9.00. The lowest BCUT2D eigenvalue weighted by Gasteiger charge is -1.91. The van der Waals surface area contributed by atoms with E-state index in [-0.39, 0.29) is 5.24 Å². The lowest BCUT2D eigenvalue weighted by Crippen LogP contribution is -1.83. The van der Waals surface area contributed by atoms with Crippen molar-refractivity contribution >= 4 is 16.8 Å². The van der Waals surface area contributed by atoms with Crippen LogP contribution in [0.25, 0.3) is 0 Å². The van der Waals surface area contributed by atoms with Crippen LogP contribution >= 0.6 is 11.6 Å². The molecule has 0 aromatic heterocycles. The number of carbonyl (C=O) groups excluding carboxylic acids is 1. The average molecular weight is 207 g/mol. The van der Waals surface area contributed by atoms with Crippen LogP contribution in [-0.2, 0) is 4.79 Å². The van der Waals surface area contributed by atoms with E-state index in [4.69, 9.17) is 11.6 Å². The summed E-state index contributed by atoms with van der Waals surface area (Å²) in [5.41, 5.74) is 2.16. The molecule has 1 aromatic rings. The molecule has 0 unspecified atom stereocenters. The fourth-order valence-corrected chi connectivity index (χ4v) is 1.14. The second kappa shape index (κ2) is 5.47. The van der Waals surface area contributed by atoms with Crippen molar-refractivity contribution in [2.45, 2.75) is 19.8 Å². The molecule has 0 N–H and O–H groups in total. The van der Waals surface area contributed by atoms with Gasteiger partial charge in [0.05, 0.1) is 0 Å². The highest BCUT2D eigenvalue weighted by atomic mass is 35.5. The summed E-state index contributed by atoms with van der Waals surface area (Å²) in [5.74, 6) is 5.88. The predicted octanol–water partition coefficient (Wildman–Crippen LogP) is 2.89. The van der Waals surface area contributed by atoms with E-state index in [2.05, 4.69) is 11.8 Å². The van der Waals surface area contributed by atoms with E-state index in [1.54, 1.807) is 0 Å². The minimum atomic E-state index is -0.330. The zero-order valence-corrected chi connectivity index (χ0v) is 8.77. The number of benzene rings is 1. The first-order valence-electron chi connectivity index (χ1n) is 4.42. The predicted molar refractivity (Wildman–Crippen MR) is 58.2 cm³/mol. The zero-order valence-electron chi connectivity index (χ0n) is 8.01. The van der Waals surface area contributed by atoms with Crippen LogP contribution in [0.2, 0.25) is 0 Å². The molecule has 0 heterocycles. The van der Waals surface area contributed by atoms with Gasteiger partial charge in [0, 0.05) is 18.4 Å². The van der Waals surface area contributed by atoms with E-state index in [9.17, 15) is 4.79 Å². The molecule has 0 fully saturated rings. The first-order chi connectivity index (χ1) is 6.68. The summed E-state index contributed by atoms with van der Waals surface area (Å²) in [6.45, 7) is 2.02. The number of aryl methyl sites for hydroxylation is 1. The van der Waals surface area contributed by atoms with E-state index in [0.29, 0.717) is 12.8 Å². The summed E-state index contributed by atoms with van der Waals surface area (Å²) in [5, 5.41) is -0.330. The molecule has 14 heavy (non-hydrogen) atoms. The third-order valence-corrected chi connectivity index (χ3v) is 1.89. The van der Waals surface area contributed by atoms with Gasteiger partial charge in [0.2, 0.25) is 5.24 Å². The van der Waals surface area contributed by atoms with Gasteiger partial charge in [-0.2, -0.15) is 0 Å². The largest absolute Gasteiger partial charge is 0.281 e. The average Bonchev–Trinajstić information content (AvgIpc) is 2.12. The Morgan fingerprint density at radius 3 is 2.93 bits per heavy atom. The Morgan fingerprint density at radius 2 is 2.29 bits per heavy atom. The lowest BCUT2D eigenvalue weighted by atomic mass is 10.1. The van der Waals surface area contributed by atoms with Gasteiger partial charge in [-0.1, -0.05) is 24.0 Å². The van der Waals surface area contributed by atoms with Crippen LogP contribution in [-0.4, -0.2) is 5.24 Å². The summed E-state index contributed by atoms with van der Waals surface area (Å²) < 4.78 is 0. The molecule has 1 rings (SSSR count). The monoisotopic (exact) mass is 206 g/mol. The van der Waals surface area contributed by atoms with Gasteiger partial charge in [0.15, 0.2) is 0 Å². The van der Waals surface area contributed by atoms with Gasteiger partial charge in [0.1, 0.15) is 0 Å². The molecule has 0 radical (unpaired) electrons. The van der Waals surface area contributed by atoms with Crippen LogP contribution in [0.15, 0.2) is 24.3 Å². The van der Waals surface area contributed by atoms with Crippen molar-refractivity contribution in [1.29, 1.82) is 0 Å². The van der Waals surface area contributed by atoms with E-state index >= 15 is 0 Å². The molecule has 1 aromatic carbocycles. The maximum atomic E-state index is 10.4. The summed E-state index contributed by atoms with van der Waals surface area (Å²) in [7, 11) is 0. The van der Waals surface area contributed by atoms with Gasteiger partial charge in [-0.3, -0.25) is 4.79 Å². The van der Waals surface area contributed by atoms with Gasteiger partial charge < -0.3 is 0 Å². The van der Waals surface area contributed by atoms with Gasteiger partial charge in [0.25, 0.3) is 0 Å². The molecule has 0 atom stereocenters. The Morgan fingerprint density at radius 1 is 1.50 bits per heavy atom. The summed E-state index contributed by atoms with van der Waals surface area (Å²) in [4.78, 5) is 10.4. The van der Waals surface area contributed by atoms with Crippen molar-refractivity contribution in [2.75, 3.05) is 0 Å². The van der Waals surface area contributed by atoms with E-state index in [0.717, 1.165) is 5.56 Å². The van der Waals surface area contributed by atoms with Crippen LogP contribution < -0.4 is 0 Å². The quantitative estimate of drug-likeness (QED) is 0.537. The van der Waals surface area contributed by atoms with Crippen LogP contribution in [0.1, 0.15) is 24.0 Å². The van der Waals surface area contributed by atoms with E-state index in [1.165, 1.54) is 5.56 Å². The topological polar surface area (TPSA) is 17.1 Å². The van der Waals surface area contributed by atoms with Crippen molar-refractivity contribution in [3.8, 4) is 11.8 Å². The first-order valence-corrected chi connectivity index (χ1v) is 4.80. The molecule has 0 aliphatic heterocycles. The number of carbonyl (C=O) groups is 1. The molecule has 0 amide bonds. The second-order valence-electron chi connectivity index (χ2n) is 3.03. The Hall–Kier alpha value is -1.26. The number of rotatable bonds is 2. The van der Waals surface area contributed by atoms with Crippen molar-refractivity contribution in [2.24, 2.45) is 0 Å². The summed E-state index contributed by atoms with van der Waals surface area (Å²) in [6.07, 6.45) is 0.844. The highest BCUT2D eigenvalue weighted by Gasteiger charge is 1.91. The van der Waals surface area contributed by atoms with Crippen LogP contribution in [0.4, 0.5) is 0 Å². The Balaban J connectivity index is 2.55. The fourth-order valence-electron chi connectivity index (χ4n) is 1.05. The molecule has 2 heteroatoms. The molecule has 72 valence electrons. The Labute approximate surface area is 89.1 Å². The molecule has 1 nitrogen and oxygen atoms in total. The number of hydrogen-bond acceptors (Lipinski definition) is 1. The van der Waals surface area contributed by atoms with E-state index < -0.39 is 0 Å². The fraction of sp³-hybridized carbons (Fsp3) is 0.250. The third-order valence-electron chi connectivity index (χ3n) is 1.70. The minimum Gasteiger partial charge on any atom is -0.281 e. The van der Waals surface area contributed by atoms with Crippen molar-refractivity contribution in [3.05, 3.63) is 35.4 Å². The Kier molecular flexibility index (Phi) is 4.22. The Bertz CT molecular complexity index is 385. The first kappa shape index (κ1) is 10.8. The SMILES string of the molecule is Cc1cccc(C#CCCC(=O)Cl)c1. The standard InChI is InChI=1S/C12H11ClO/c1-10-5-4-7-11(9-10)6-2-3-8-12(13)14/h4-5,7,9H,3,8H2,1H3. The molecule has 0 spiro atoms. The molecular formula is C12H11ClO. The molecule has 0 aliphatic carbocycles. The summed E-state index contributed by atoms with van der Waals surface area (Å²) >= 11 is 5.18. The van der Waals surface area contributed by atoms with Crippen LogP contribution in [0.3, 0.4) is 0 Å². The lowest BCUT2D eigenvalue weighted by molar-refractivity contribution is -0.111. The zero-order chi connectivity index (χ0) is 10.4. The van der Waals surface area contributed by atoms with Gasteiger partial charge >= 0.3 is 0 Å². The molecule has 0 bridgehead atoms. The molecule has 0 aliphatic rings. The van der Waals surface area contributed by atoms with Gasteiger partial charge in [-0.05, 0) is 36.2 Å². The maximum Gasteiger partial charge on any atom is 0.222 e. The van der Waals surface area contributed by atoms with Gasteiger partial charge in [-0.15, -0.1) is 0 Å². The highest BCUT2D eigenvalue weighted by molar-refractivity contribution is 6.63. The number of hydrogen-bond donors (Lipinski definition) is 0. The highest BCUT2D eigenvalue weighted by Crippen LogP contribution is 2.02. The van der Waals surface area contributed by atoms with Crippen LogP contribution in [0.5, 0.6) is 0 Å². The van der Waals surface area contributed by atoms with Crippen LogP contribution in [0, 0.1) is 18.8 Å². The smallest absolute Gasteiger partial charge is 0.222 e. The van der Waals surface area contributed by atoms with Crippen molar-refractivity contribution < 1.29 is 4.79 Å².